The van der Waals surface area contributed by atoms with E-state index in [0.29, 0.717) is 57.7 Å². The van der Waals surface area contributed by atoms with E-state index in [9.17, 15) is 14.4 Å². The molecule has 44 heavy (non-hydrogen) atoms. The number of nitrogens with one attached hydrogen (secondary N) is 2. The molecule has 4 aromatic rings. The Hall–Kier alpha value is -4.91. The maximum Gasteiger partial charge on any atom is 0.262 e. The smallest absolute Gasteiger partial charge is 0.262 e. The maximum absolute atomic E-state index is 13.6. The van der Waals surface area contributed by atoms with Crippen LogP contribution in [0.25, 0.3) is 10.9 Å². The second-order valence-electron chi connectivity index (χ2n) is 9.71. The molecule has 0 unspecified atom stereocenters. The van der Waals surface area contributed by atoms with Crippen molar-refractivity contribution in [2.45, 2.75) is 31.1 Å². The number of benzene rings is 3. The third kappa shape index (κ3) is 7.17. The minimum absolute atomic E-state index is 0.0277. The van der Waals surface area contributed by atoms with Gasteiger partial charge in [0.05, 0.1) is 43.7 Å². The van der Waals surface area contributed by atoms with Gasteiger partial charge < -0.3 is 34.3 Å². The molecule has 1 aromatic heterocycles. The third-order valence-corrected chi connectivity index (χ3v) is 7.84. The van der Waals surface area contributed by atoms with Gasteiger partial charge in [-0.15, -0.1) is 0 Å². The van der Waals surface area contributed by atoms with Crippen LogP contribution in [-0.2, 0) is 22.7 Å². The number of ether oxygens (including phenoxy) is 5. The van der Waals surface area contributed by atoms with Gasteiger partial charge in [-0.2, -0.15) is 0 Å². The summed E-state index contributed by atoms with van der Waals surface area (Å²) in [5.74, 6) is 2.25. The molecule has 1 aliphatic rings. The van der Waals surface area contributed by atoms with Crippen LogP contribution >= 0.6 is 11.8 Å². The van der Waals surface area contributed by atoms with E-state index < -0.39 is 0 Å². The lowest BCUT2D eigenvalue weighted by molar-refractivity contribution is -0.121. The molecule has 0 atom stereocenters. The summed E-state index contributed by atoms with van der Waals surface area (Å²) in [6.07, 6.45) is 0.582. The van der Waals surface area contributed by atoms with Gasteiger partial charge in [0.15, 0.2) is 16.7 Å². The number of anilines is 1. The van der Waals surface area contributed by atoms with Crippen molar-refractivity contribution in [1.82, 2.24) is 14.9 Å². The van der Waals surface area contributed by atoms with Crippen molar-refractivity contribution in [1.29, 1.82) is 0 Å². The first-order valence-corrected chi connectivity index (χ1v) is 14.8. The van der Waals surface area contributed by atoms with E-state index in [0.717, 1.165) is 23.1 Å². The highest BCUT2D eigenvalue weighted by Gasteiger charge is 2.20. The lowest BCUT2D eigenvalue weighted by atomic mass is 10.2. The van der Waals surface area contributed by atoms with Crippen molar-refractivity contribution in [3.8, 4) is 28.7 Å². The normalized spacial score (nSPS) is 11.7. The maximum atomic E-state index is 13.6. The van der Waals surface area contributed by atoms with Crippen LogP contribution in [0.3, 0.4) is 0 Å². The van der Waals surface area contributed by atoms with E-state index in [2.05, 4.69) is 10.6 Å². The lowest BCUT2D eigenvalue weighted by Gasteiger charge is -2.14. The first-order chi connectivity index (χ1) is 21.4. The predicted molar refractivity (Wildman–Crippen MR) is 165 cm³/mol. The quantitative estimate of drug-likeness (QED) is 0.167. The number of nitrogens with zero attached hydrogens (tertiary/aromatic N) is 2. The Labute approximate surface area is 257 Å². The summed E-state index contributed by atoms with van der Waals surface area (Å²) >= 11 is 1.12. The molecule has 0 fully saturated rings. The highest BCUT2D eigenvalue weighted by Crippen LogP contribution is 2.35. The number of methoxy groups -OCH3 is 3. The fourth-order valence-electron chi connectivity index (χ4n) is 4.55. The van der Waals surface area contributed by atoms with Gasteiger partial charge in [0, 0.05) is 31.6 Å². The number of hydrogen-bond donors (Lipinski definition) is 2. The van der Waals surface area contributed by atoms with Crippen LogP contribution in [0.5, 0.6) is 28.7 Å². The Bertz CT molecular complexity index is 1730. The zero-order valence-electron chi connectivity index (χ0n) is 24.5. The summed E-state index contributed by atoms with van der Waals surface area (Å²) in [5, 5.41) is 6.43. The summed E-state index contributed by atoms with van der Waals surface area (Å²) in [4.78, 5) is 43.8. The summed E-state index contributed by atoms with van der Waals surface area (Å²) in [7, 11) is 4.64. The van der Waals surface area contributed by atoms with Crippen molar-refractivity contribution in [3.05, 3.63) is 70.5 Å². The largest absolute Gasteiger partial charge is 0.497 e. The lowest BCUT2D eigenvalue weighted by Crippen LogP contribution is -2.26. The highest BCUT2D eigenvalue weighted by atomic mass is 32.2. The van der Waals surface area contributed by atoms with E-state index in [-0.39, 0.29) is 42.9 Å². The average Bonchev–Trinajstić information content (AvgIpc) is 3.51. The molecule has 1 aliphatic heterocycles. The molecule has 2 amide bonds. The second-order valence-corrected chi connectivity index (χ2v) is 10.6. The number of rotatable bonds is 13. The van der Waals surface area contributed by atoms with Crippen LogP contribution in [0.2, 0.25) is 0 Å². The van der Waals surface area contributed by atoms with E-state index in [1.807, 2.05) is 24.3 Å². The SMILES string of the molecule is COc1ccc(CNC(=O)CCCn2c(SCC(=O)Nc3ccc(OC)cc3OC)nc3cc4c(cc3c2=O)OCO4)cc1. The number of carbonyl (C=O) groups excluding carboxylic acids is 2. The molecule has 2 heterocycles. The predicted octanol–water partition coefficient (Wildman–Crippen LogP) is 3.98. The molecular formula is C31H32N4O8S. The van der Waals surface area contributed by atoms with Crippen molar-refractivity contribution in [2.75, 3.05) is 39.2 Å². The van der Waals surface area contributed by atoms with Gasteiger partial charge in [0.1, 0.15) is 17.2 Å². The summed E-state index contributed by atoms with van der Waals surface area (Å²) in [6.45, 7) is 0.660. The Morgan fingerprint density at radius 2 is 1.66 bits per heavy atom. The number of hydrogen-bond acceptors (Lipinski definition) is 10. The third-order valence-electron chi connectivity index (χ3n) is 6.86. The Morgan fingerprint density at radius 3 is 2.39 bits per heavy atom. The fraction of sp³-hybridized carbons (Fsp3) is 0.290. The molecular weight excluding hydrogens is 588 g/mol. The minimum atomic E-state index is -0.317. The Balaban J connectivity index is 1.28. The topological polar surface area (TPSA) is 139 Å². The monoisotopic (exact) mass is 620 g/mol. The van der Waals surface area contributed by atoms with Crippen LogP contribution in [0.4, 0.5) is 5.69 Å². The molecule has 2 N–H and O–H groups in total. The minimum Gasteiger partial charge on any atom is -0.497 e. The van der Waals surface area contributed by atoms with Crippen LogP contribution in [0.15, 0.2) is 64.5 Å². The molecule has 5 rings (SSSR count). The number of amides is 2. The molecule has 0 aliphatic carbocycles. The van der Waals surface area contributed by atoms with Crippen molar-refractivity contribution in [2.24, 2.45) is 0 Å². The van der Waals surface area contributed by atoms with Crippen molar-refractivity contribution < 1.29 is 33.3 Å². The van der Waals surface area contributed by atoms with Crippen LogP contribution in [0.1, 0.15) is 18.4 Å². The molecule has 12 nitrogen and oxygen atoms in total. The first-order valence-electron chi connectivity index (χ1n) is 13.8. The van der Waals surface area contributed by atoms with Crippen LogP contribution in [0, 0.1) is 0 Å². The molecule has 3 aromatic carbocycles. The number of thioether (sulfide) groups is 1. The molecule has 230 valence electrons. The van der Waals surface area contributed by atoms with Gasteiger partial charge >= 0.3 is 0 Å². The molecule has 0 bridgehead atoms. The van der Waals surface area contributed by atoms with Gasteiger partial charge in [-0.1, -0.05) is 23.9 Å². The second kappa shape index (κ2) is 14.0. The number of fused-ring (bicyclic) bond motifs is 2. The van der Waals surface area contributed by atoms with Gasteiger partial charge in [0.25, 0.3) is 5.56 Å². The fourth-order valence-corrected chi connectivity index (χ4v) is 5.37. The van der Waals surface area contributed by atoms with Gasteiger partial charge in [-0.25, -0.2) is 4.98 Å². The molecule has 0 spiro atoms. The summed E-state index contributed by atoms with van der Waals surface area (Å²) in [5.41, 5.74) is 1.55. The zero-order valence-corrected chi connectivity index (χ0v) is 25.3. The van der Waals surface area contributed by atoms with Gasteiger partial charge in [-0.05, 0) is 42.3 Å². The molecule has 13 heteroatoms. The summed E-state index contributed by atoms with van der Waals surface area (Å²) < 4.78 is 28.2. The van der Waals surface area contributed by atoms with Gasteiger partial charge in [0.2, 0.25) is 18.6 Å². The van der Waals surface area contributed by atoms with E-state index in [1.165, 1.54) is 11.7 Å². The highest BCUT2D eigenvalue weighted by molar-refractivity contribution is 7.99. The Kier molecular flexibility index (Phi) is 9.75. The van der Waals surface area contributed by atoms with Crippen LogP contribution in [-0.4, -0.2) is 55.2 Å². The van der Waals surface area contributed by atoms with Gasteiger partial charge in [-0.3, -0.25) is 19.0 Å². The number of aromatic nitrogens is 2. The van der Waals surface area contributed by atoms with E-state index in [4.69, 9.17) is 28.7 Å². The molecule has 0 saturated heterocycles. The van der Waals surface area contributed by atoms with Crippen LogP contribution < -0.4 is 39.9 Å². The zero-order chi connectivity index (χ0) is 31.1. The number of carbonyl (C=O) groups is 2. The van der Waals surface area contributed by atoms with Crippen molar-refractivity contribution in [3.63, 3.8) is 0 Å². The average molecular weight is 621 g/mol. The first kappa shape index (κ1) is 30.5. The summed E-state index contributed by atoms with van der Waals surface area (Å²) in [6, 6.07) is 15.8. The standard InChI is InChI=1S/C31H32N4O8S/c1-39-20-8-6-19(7-9-20)16-32-28(36)5-4-12-35-30(38)22-14-26-27(43-18-42-26)15-24(22)34-31(35)44-17-29(37)33-23-11-10-21(40-2)13-25(23)41-3/h6-11,13-15H,4-5,12,16-18H2,1-3H3,(H,32,36)(H,33,37). The Morgan fingerprint density at radius 1 is 0.932 bits per heavy atom. The molecule has 0 saturated carbocycles. The van der Waals surface area contributed by atoms with Crippen molar-refractivity contribution >= 4 is 40.2 Å². The molecule has 0 radical (unpaired) electrons. The van der Waals surface area contributed by atoms with E-state index in [1.54, 1.807) is 44.6 Å². The van der Waals surface area contributed by atoms with E-state index >= 15 is 0 Å².